The molecule has 0 radical (unpaired) electrons. The number of rotatable bonds is 0. The van der Waals surface area contributed by atoms with E-state index in [0.717, 1.165) is 31.8 Å². The average Bonchev–Trinajstić information content (AvgIpc) is 2.45. The van der Waals surface area contributed by atoms with Gasteiger partial charge in [0, 0.05) is 32.6 Å². The first-order chi connectivity index (χ1) is 5.29. The second-order valence-electron chi connectivity index (χ2n) is 3.53. The second-order valence-corrected chi connectivity index (χ2v) is 3.53. The molecule has 2 fully saturated rings. The number of hydrogen-bond acceptors (Lipinski definition) is 2. The van der Waals surface area contributed by atoms with E-state index in [-0.39, 0.29) is 0 Å². The summed E-state index contributed by atoms with van der Waals surface area (Å²) in [5, 5.41) is 3.32. The van der Waals surface area contributed by atoms with Crippen molar-refractivity contribution in [2.24, 2.45) is 5.92 Å². The molecule has 0 saturated carbocycles. The van der Waals surface area contributed by atoms with E-state index in [1.54, 1.807) is 0 Å². The molecule has 0 aromatic carbocycles. The van der Waals surface area contributed by atoms with Crippen LogP contribution in [0, 0.1) is 5.92 Å². The van der Waals surface area contributed by atoms with Crippen LogP contribution in [-0.4, -0.2) is 37.0 Å². The van der Waals surface area contributed by atoms with Crippen LogP contribution in [0.5, 0.6) is 0 Å². The third kappa shape index (κ3) is 1.03. The van der Waals surface area contributed by atoms with Gasteiger partial charge >= 0.3 is 0 Å². The quantitative estimate of drug-likeness (QED) is 0.525. The smallest absolute Gasteiger partial charge is 0.222 e. The van der Waals surface area contributed by atoms with Crippen LogP contribution in [-0.2, 0) is 4.79 Å². The summed E-state index contributed by atoms with van der Waals surface area (Å²) in [5.41, 5.74) is 0. The van der Waals surface area contributed by atoms with E-state index in [2.05, 4.69) is 5.32 Å². The fourth-order valence-corrected chi connectivity index (χ4v) is 2.14. The summed E-state index contributed by atoms with van der Waals surface area (Å²) in [6, 6.07) is 0.483. The summed E-state index contributed by atoms with van der Waals surface area (Å²) in [5.74, 6) is 1.03. The van der Waals surface area contributed by atoms with Gasteiger partial charge in [-0.1, -0.05) is 0 Å². The molecular weight excluding hydrogens is 140 g/mol. The minimum atomic E-state index is 0.315. The molecule has 2 saturated heterocycles. The van der Waals surface area contributed by atoms with Crippen molar-refractivity contribution in [1.82, 2.24) is 10.2 Å². The van der Waals surface area contributed by atoms with Crippen LogP contribution < -0.4 is 5.32 Å². The number of likely N-dealkylation sites (tertiary alicyclic amines) is 1. The van der Waals surface area contributed by atoms with Crippen molar-refractivity contribution in [1.29, 1.82) is 0 Å². The Labute approximate surface area is 66.8 Å². The van der Waals surface area contributed by atoms with Crippen molar-refractivity contribution in [2.45, 2.75) is 18.9 Å². The van der Waals surface area contributed by atoms with Crippen LogP contribution in [0.25, 0.3) is 0 Å². The molecule has 0 aliphatic carbocycles. The Balaban J connectivity index is 2.11. The Bertz CT molecular complexity index is 181. The first-order valence-corrected chi connectivity index (χ1v) is 4.25. The van der Waals surface area contributed by atoms with E-state index < -0.39 is 0 Å². The molecule has 11 heavy (non-hydrogen) atoms. The van der Waals surface area contributed by atoms with Crippen molar-refractivity contribution in [3.8, 4) is 0 Å². The summed E-state index contributed by atoms with van der Waals surface area (Å²) >= 11 is 0. The van der Waals surface area contributed by atoms with Crippen LogP contribution >= 0.6 is 0 Å². The van der Waals surface area contributed by atoms with Crippen molar-refractivity contribution in [2.75, 3.05) is 20.1 Å². The van der Waals surface area contributed by atoms with E-state index >= 15 is 0 Å². The maximum Gasteiger partial charge on any atom is 0.222 e. The highest BCUT2D eigenvalue weighted by Gasteiger charge is 2.36. The predicted octanol–water partition coefficient (Wildman–Crippen LogP) is -0.173. The molecule has 62 valence electrons. The third-order valence-corrected chi connectivity index (χ3v) is 2.92. The third-order valence-electron chi connectivity index (χ3n) is 2.92. The van der Waals surface area contributed by atoms with Crippen LogP contribution in [0.2, 0.25) is 0 Å². The van der Waals surface area contributed by atoms with Gasteiger partial charge in [0.1, 0.15) is 0 Å². The Morgan fingerprint density at radius 2 is 2.36 bits per heavy atom. The Kier molecular flexibility index (Phi) is 1.60. The SMILES string of the molecule is CN1C(=O)CCC2CNCC21. The zero-order valence-corrected chi connectivity index (χ0v) is 6.84. The molecule has 2 aliphatic heterocycles. The van der Waals surface area contributed by atoms with E-state index in [1.165, 1.54) is 0 Å². The van der Waals surface area contributed by atoms with Crippen molar-refractivity contribution in [3.63, 3.8) is 0 Å². The zero-order chi connectivity index (χ0) is 7.84. The molecule has 2 aliphatic rings. The lowest BCUT2D eigenvalue weighted by atomic mass is 9.92. The van der Waals surface area contributed by atoms with Gasteiger partial charge in [-0.2, -0.15) is 0 Å². The van der Waals surface area contributed by atoms with Gasteiger partial charge in [0.05, 0.1) is 0 Å². The molecule has 3 heteroatoms. The topological polar surface area (TPSA) is 32.3 Å². The van der Waals surface area contributed by atoms with Crippen LogP contribution in [0.4, 0.5) is 0 Å². The van der Waals surface area contributed by atoms with Crippen molar-refractivity contribution >= 4 is 5.91 Å². The van der Waals surface area contributed by atoms with E-state index in [9.17, 15) is 4.79 Å². The highest BCUT2D eigenvalue weighted by Crippen LogP contribution is 2.25. The monoisotopic (exact) mass is 154 g/mol. The Morgan fingerprint density at radius 3 is 3.18 bits per heavy atom. The summed E-state index contributed by atoms with van der Waals surface area (Å²) in [7, 11) is 1.92. The van der Waals surface area contributed by atoms with E-state index in [4.69, 9.17) is 0 Å². The van der Waals surface area contributed by atoms with Crippen molar-refractivity contribution in [3.05, 3.63) is 0 Å². The predicted molar refractivity (Wildman–Crippen MR) is 42.2 cm³/mol. The molecule has 3 nitrogen and oxygen atoms in total. The Hall–Kier alpha value is -0.570. The Morgan fingerprint density at radius 1 is 1.55 bits per heavy atom. The zero-order valence-electron chi connectivity index (χ0n) is 6.84. The van der Waals surface area contributed by atoms with Gasteiger partial charge in [-0.05, 0) is 12.3 Å². The summed E-state index contributed by atoms with van der Waals surface area (Å²) in [6.07, 6.45) is 1.83. The largest absolute Gasteiger partial charge is 0.341 e. The number of fused-ring (bicyclic) bond motifs is 1. The molecule has 2 atom stereocenters. The standard InChI is InChI=1S/C8H14N2O/c1-10-7-5-9-4-6(7)2-3-8(10)11/h6-7,9H,2-5H2,1H3. The van der Waals surface area contributed by atoms with Gasteiger partial charge in [0.2, 0.25) is 5.91 Å². The number of likely N-dealkylation sites (N-methyl/N-ethyl adjacent to an activating group) is 1. The summed E-state index contributed by atoms with van der Waals surface area (Å²) < 4.78 is 0. The number of nitrogens with one attached hydrogen (secondary N) is 1. The van der Waals surface area contributed by atoms with Gasteiger partial charge in [0.25, 0.3) is 0 Å². The molecule has 2 rings (SSSR count). The van der Waals surface area contributed by atoms with Crippen LogP contribution in [0.3, 0.4) is 0 Å². The first kappa shape index (κ1) is 7.10. The second kappa shape index (κ2) is 2.48. The minimum Gasteiger partial charge on any atom is -0.341 e. The lowest BCUT2D eigenvalue weighted by molar-refractivity contribution is -0.135. The van der Waals surface area contributed by atoms with E-state index in [0.29, 0.717) is 11.9 Å². The average molecular weight is 154 g/mol. The van der Waals surface area contributed by atoms with Gasteiger partial charge in [0.15, 0.2) is 0 Å². The molecule has 1 N–H and O–H groups in total. The highest BCUT2D eigenvalue weighted by molar-refractivity contribution is 5.77. The molecule has 0 bridgehead atoms. The van der Waals surface area contributed by atoms with Crippen molar-refractivity contribution < 1.29 is 4.79 Å². The minimum absolute atomic E-state index is 0.315. The maximum atomic E-state index is 11.2. The molecule has 0 aromatic rings. The van der Waals surface area contributed by atoms with Gasteiger partial charge in [-0.25, -0.2) is 0 Å². The molecule has 2 unspecified atom stereocenters. The van der Waals surface area contributed by atoms with E-state index in [1.807, 2.05) is 11.9 Å². The normalized spacial score (nSPS) is 37.5. The van der Waals surface area contributed by atoms with Crippen LogP contribution in [0.15, 0.2) is 0 Å². The fraction of sp³-hybridized carbons (Fsp3) is 0.875. The molecular formula is C8H14N2O. The lowest BCUT2D eigenvalue weighted by Gasteiger charge is -2.33. The molecule has 0 aromatic heterocycles. The number of carbonyl (C=O) groups is 1. The molecule has 0 spiro atoms. The number of amides is 1. The number of carbonyl (C=O) groups excluding carboxylic acids is 1. The first-order valence-electron chi connectivity index (χ1n) is 4.25. The van der Waals surface area contributed by atoms with Crippen LogP contribution in [0.1, 0.15) is 12.8 Å². The fourth-order valence-electron chi connectivity index (χ4n) is 2.14. The van der Waals surface area contributed by atoms with Gasteiger partial charge < -0.3 is 10.2 Å². The van der Waals surface area contributed by atoms with Gasteiger partial charge in [-0.3, -0.25) is 4.79 Å². The van der Waals surface area contributed by atoms with Gasteiger partial charge in [-0.15, -0.1) is 0 Å². The summed E-state index contributed by atoms with van der Waals surface area (Å²) in [4.78, 5) is 13.1. The summed E-state index contributed by atoms with van der Waals surface area (Å²) in [6.45, 7) is 2.09. The molecule has 2 heterocycles. The number of nitrogens with zero attached hydrogens (tertiary/aromatic N) is 1. The lowest BCUT2D eigenvalue weighted by Crippen LogP contribution is -2.45. The number of piperidine rings is 1. The maximum absolute atomic E-state index is 11.2. The molecule has 1 amide bonds. The highest BCUT2D eigenvalue weighted by atomic mass is 16.2. The number of hydrogen-bond donors (Lipinski definition) is 1.